The van der Waals surface area contributed by atoms with Crippen LogP contribution in [0.25, 0.3) is 0 Å². The third kappa shape index (κ3) is 6.23. The minimum atomic E-state index is -0.263. The van der Waals surface area contributed by atoms with Crippen molar-refractivity contribution in [3.8, 4) is 5.75 Å². The van der Waals surface area contributed by atoms with Crippen molar-refractivity contribution in [3.05, 3.63) is 41.8 Å². The van der Waals surface area contributed by atoms with Gasteiger partial charge in [0.25, 0.3) is 5.91 Å². The summed E-state index contributed by atoms with van der Waals surface area (Å²) in [5, 5.41) is 9.35. The summed E-state index contributed by atoms with van der Waals surface area (Å²) >= 11 is 0. The maximum absolute atomic E-state index is 11.9. The maximum atomic E-state index is 11.9. The third-order valence-electron chi connectivity index (χ3n) is 3.46. The predicted molar refractivity (Wildman–Crippen MR) is 98.0 cm³/mol. The van der Waals surface area contributed by atoms with E-state index in [4.69, 9.17) is 9.26 Å². The molecule has 2 N–H and O–H groups in total. The van der Waals surface area contributed by atoms with Crippen LogP contribution in [-0.2, 0) is 11.4 Å². The summed E-state index contributed by atoms with van der Waals surface area (Å²) in [5.41, 5.74) is 0.956. The van der Waals surface area contributed by atoms with Crippen molar-refractivity contribution >= 4 is 17.5 Å². The average Bonchev–Trinajstić information content (AvgIpc) is 3.08. The molecule has 0 aliphatic rings. The number of carbonyl (C=O) groups excluding carboxylic acids is 2. The van der Waals surface area contributed by atoms with Crippen LogP contribution in [0.2, 0.25) is 0 Å². The van der Waals surface area contributed by atoms with Crippen molar-refractivity contribution in [3.63, 3.8) is 0 Å². The number of amides is 2. The van der Waals surface area contributed by atoms with E-state index in [-0.39, 0.29) is 24.1 Å². The fourth-order valence-corrected chi connectivity index (χ4v) is 2.11. The van der Waals surface area contributed by atoms with Crippen LogP contribution in [-0.4, -0.2) is 23.5 Å². The summed E-state index contributed by atoms with van der Waals surface area (Å²) in [5.74, 6) is 1.18. The molecule has 2 aromatic rings. The molecule has 0 saturated heterocycles. The fraction of sp³-hybridized carbons (Fsp3) is 0.421. The highest BCUT2D eigenvalue weighted by atomic mass is 16.5. The normalized spacial score (nSPS) is 10.6. The Morgan fingerprint density at radius 2 is 1.96 bits per heavy atom. The van der Waals surface area contributed by atoms with Crippen LogP contribution in [0.15, 0.2) is 34.9 Å². The van der Waals surface area contributed by atoms with Crippen LogP contribution in [0, 0.1) is 5.92 Å². The zero-order chi connectivity index (χ0) is 18.9. The molecule has 26 heavy (non-hydrogen) atoms. The first-order valence-electron chi connectivity index (χ1n) is 8.74. The van der Waals surface area contributed by atoms with E-state index in [0.29, 0.717) is 30.4 Å². The van der Waals surface area contributed by atoms with Gasteiger partial charge in [-0.25, -0.2) is 0 Å². The van der Waals surface area contributed by atoms with Crippen LogP contribution in [0.1, 0.15) is 49.9 Å². The Morgan fingerprint density at radius 1 is 1.23 bits per heavy atom. The molecule has 2 amide bonds. The summed E-state index contributed by atoms with van der Waals surface area (Å²) in [6.45, 7) is 6.73. The van der Waals surface area contributed by atoms with Gasteiger partial charge in [-0.2, -0.15) is 0 Å². The third-order valence-corrected chi connectivity index (χ3v) is 3.46. The Bertz CT molecular complexity index is 723. The Morgan fingerprint density at radius 3 is 2.62 bits per heavy atom. The summed E-state index contributed by atoms with van der Waals surface area (Å²) < 4.78 is 10.7. The first-order valence-corrected chi connectivity index (χ1v) is 8.74. The van der Waals surface area contributed by atoms with Gasteiger partial charge in [-0.3, -0.25) is 9.59 Å². The van der Waals surface area contributed by atoms with Crippen LogP contribution >= 0.6 is 0 Å². The summed E-state index contributed by atoms with van der Waals surface area (Å²) in [6, 6.07) is 8.62. The van der Waals surface area contributed by atoms with E-state index in [1.54, 1.807) is 30.3 Å². The summed E-state index contributed by atoms with van der Waals surface area (Å²) in [6.07, 6.45) is 1.30. The number of aromatic nitrogens is 1. The Balaban J connectivity index is 1.83. The second kappa shape index (κ2) is 9.60. The van der Waals surface area contributed by atoms with Crippen molar-refractivity contribution in [1.82, 2.24) is 10.5 Å². The van der Waals surface area contributed by atoms with Crippen molar-refractivity contribution in [2.24, 2.45) is 5.92 Å². The molecule has 0 saturated carbocycles. The monoisotopic (exact) mass is 359 g/mol. The SMILES string of the molecule is CCCC(=O)Nc1ccc(OCc2cc(C(=O)NCC(C)C)no2)cc1. The molecule has 0 fully saturated rings. The van der Waals surface area contributed by atoms with Gasteiger partial charge in [0.05, 0.1) is 0 Å². The quantitative estimate of drug-likeness (QED) is 0.716. The van der Waals surface area contributed by atoms with Crippen molar-refractivity contribution in [2.75, 3.05) is 11.9 Å². The average molecular weight is 359 g/mol. The number of rotatable bonds is 9. The van der Waals surface area contributed by atoms with Gasteiger partial charge < -0.3 is 19.9 Å². The summed E-state index contributed by atoms with van der Waals surface area (Å²) in [4.78, 5) is 23.5. The number of ether oxygens (including phenoxy) is 1. The molecule has 1 aromatic carbocycles. The lowest BCUT2D eigenvalue weighted by Crippen LogP contribution is -2.27. The molecular weight excluding hydrogens is 334 g/mol. The van der Waals surface area contributed by atoms with Crippen LogP contribution in [0.4, 0.5) is 5.69 Å². The van der Waals surface area contributed by atoms with Gasteiger partial charge in [0, 0.05) is 24.7 Å². The molecule has 0 atom stereocenters. The van der Waals surface area contributed by atoms with E-state index in [2.05, 4.69) is 15.8 Å². The molecule has 0 bridgehead atoms. The molecule has 0 radical (unpaired) electrons. The van der Waals surface area contributed by atoms with Gasteiger partial charge in [0.15, 0.2) is 11.5 Å². The van der Waals surface area contributed by atoms with Crippen molar-refractivity contribution < 1.29 is 18.8 Å². The predicted octanol–water partition coefficient (Wildman–Crippen LogP) is 3.38. The Kier molecular flexibility index (Phi) is 7.20. The Hall–Kier alpha value is -2.83. The molecular formula is C19H25N3O4. The smallest absolute Gasteiger partial charge is 0.273 e. The van der Waals surface area contributed by atoms with E-state index < -0.39 is 0 Å². The molecule has 2 rings (SSSR count). The van der Waals surface area contributed by atoms with E-state index >= 15 is 0 Å². The molecule has 0 unspecified atom stereocenters. The highest BCUT2D eigenvalue weighted by Crippen LogP contribution is 2.17. The van der Waals surface area contributed by atoms with Crippen molar-refractivity contribution in [2.45, 2.75) is 40.2 Å². The second-order valence-corrected chi connectivity index (χ2v) is 6.39. The van der Waals surface area contributed by atoms with Gasteiger partial charge in [0.2, 0.25) is 5.91 Å². The van der Waals surface area contributed by atoms with E-state index in [1.165, 1.54) is 0 Å². The topological polar surface area (TPSA) is 93.5 Å². The first kappa shape index (κ1) is 19.5. The molecule has 7 heteroatoms. The van der Waals surface area contributed by atoms with E-state index in [0.717, 1.165) is 12.1 Å². The molecule has 1 heterocycles. The van der Waals surface area contributed by atoms with Gasteiger partial charge in [-0.1, -0.05) is 25.9 Å². The largest absolute Gasteiger partial charge is 0.486 e. The molecule has 1 aromatic heterocycles. The van der Waals surface area contributed by atoms with Crippen molar-refractivity contribution in [1.29, 1.82) is 0 Å². The van der Waals surface area contributed by atoms with Gasteiger partial charge >= 0.3 is 0 Å². The standard InChI is InChI=1S/C19H25N3O4/c1-4-5-18(23)21-14-6-8-15(9-7-14)25-12-16-10-17(22-26-16)19(24)20-11-13(2)3/h6-10,13H,4-5,11-12H2,1-3H3,(H,20,24)(H,21,23). The van der Waals surface area contributed by atoms with Gasteiger partial charge in [0.1, 0.15) is 12.4 Å². The minimum Gasteiger partial charge on any atom is -0.486 e. The number of anilines is 1. The first-order chi connectivity index (χ1) is 12.5. The van der Waals surface area contributed by atoms with Gasteiger partial charge in [-0.05, 0) is 36.6 Å². The maximum Gasteiger partial charge on any atom is 0.273 e. The summed E-state index contributed by atoms with van der Waals surface area (Å²) in [7, 11) is 0. The lowest BCUT2D eigenvalue weighted by molar-refractivity contribution is -0.116. The lowest BCUT2D eigenvalue weighted by atomic mass is 10.2. The number of nitrogens with zero attached hydrogens (tertiary/aromatic N) is 1. The van der Waals surface area contributed by atoms with Crippen LogP contribution in [0.5, 0.6) is 5.75 Å². The van der Waals surface area contributed by atoms with E-state index in [1.807, 2.05) is 20.8 Å². The fourth-order valence-electron chi connectivity index (χ4n) is 2.11. The number of carbonyl (C=O) groups is 2. The number of hydrogen-bond acceptors (Lipinski definition) is 5. The van der Waals surface area contributed by atoms with Crippen LogP contribution in [0.3, 0.4) is 0 Å². The lowest BCUT2D eigenvalue weighted by Gasteiger charge is -2.07. The zero-order valence-corrected chi connectivity index (χ0v) is 15.4. The number of benzene rings is 1. The second-order valence-electron chi connectivity index (χ2n) is 6.39. The molecule has 140 valence electrons. The minimum absolute atomic E-state index is 0.00824. The molecule has 0 spiro atoms. The molecule has 7 nitrogen and oxygen atoms in total. The highest BCUT2D eigenvalue weighted by Gasteiger charge is 2.13. The van der Waals surface area contributed by atoms with E-state index in [9.17, 15) is 9.59 Å². The van der Waals surface area contributed by atoms with Crippen LogP contribution < -0.4 is 15.4 Å². The molecule has 0 aliphatic heterocycles. The zero-order valence-electron chi connectivity index (χ0n) is 15.4. The van der Waals surface area contributed by atoms with Gasteiger partial charge in [-0.15, -0.1) is 0 Å². The Labute approximate surface area is 153 Å². The number of nitrogens with one attached hydrogen (secondary N) is 2. The molecule has 0 aliphatic carbocycles. The highest BCUT2D eigenvalue weighted by molar-refractivity contribution is 5.92. The number of hydrogen-bond donors (Lipinski definition) is 2.